The molecule has 0 aliphatic heterocycles. The monoisotopic (exact) mass is 515 g/mol. The van der Waals surface area contributed by atoms with Gasteiger partial charge in [-0.05, 0) is 90.6 Å². The van der Waals surface area contributed by atoms with Crippen molar-refractivity contribution < 1.29 is 23.8 Å². The minimum Gasteiger partial charge on any atom is -0.391 e. The lowest BCUT2D eigenvalue weighted by atomic mass is 9.59. The van der Waals surface area contributed by atoms with Gasteiger partial charge in [0.2, 0.25) is 11.8 Å². The third kappa shape index (κ3) is 6.49. The van der Waals surface area contributed by atoms with Crippen LogP contribution in [0, 0.1) is 5.92 Å². The second-order valence-corrected chi connectivity index (χ2v) is 12.4. The van der Waals surface area contributed by atoms with E-state index in [2.05, 4.69) is 29.6 Å². The number of amides is 2. The third-order valence-electron chi connectivity index (χ3n) is 9.23. The van der Waals surface area contributed by atoms with E-state index in [4.69, 9.17) is 16.3 Å². The highest BCUT2D eigenvalue weighted by atomic mass is 35.5. The summed E-state index contributed by atoms with van der Waals surface area (Å²) in [5, 5.41) is 16.9. The molecule has 35 heavy (non-hydrogen) atoms. The van der Waals surface area contributed by atoms with Crippen molar-refractivity contribution in [2.24, 2.45) is 5.92 Å². The Morgan fingerprint density at radius 2 is 1.71 bits per heavy atom. The Kier molecular flexibility index (Phi) is 8.66. The molecule has 2 bridgehead atoms. The van der Waals surface area contributed by atoms with Crippen molar-refractivity contribution in [1.29, 1.82) is 0 Å². The summed E-state index contributed by atoms with van der Waals surface area (Å²) in [5.74, 6) is 0.229. The predicted molar refractivity (Wildman–Crippen MR) is 133 cm³/mol. The molecular formula is C26H43ClFN3O4. The fourth-order valence-electron chi connectivity index (χ4n) is 6.84. The Bertz CT molecular complexity index is 753. The molecule has 0 spiro atoms. The van der Waals surface area contributed by atoms with Crippen LogP contribution in [0.3, 0.4) is 0 Å². The van der Waals surface area contributed by atoms with Crippen LogP contribution in [-0.2, 0) is 14.3 Å². The topological polar surface area (TPSA) is 90.9 Å². The first kappa shape index (κ1) is 27.1. The van der Waals surface area contributed by atoms with E-state index < -0.39 is 28.7 Å². The van der Waals surface area contributed by atoms with Gasteiger partial charge in [-0.25, -0.2) is 4.39 Å². The zero-order valence-electron chi connectivity index (χ0n) is 21.2. The maximum atomic E-state index is 13.8. The van der Waals surface area contributed by atoms with Gasteiger partial charge >= 0.3 is 0 Å². The maximum Gasteiger partial charge on any atom is 0.246 e. The van der Waals surface area contributed by atoms with E-state index >= 15 is 0 Å². The van der Waals surface area contributed by atoms with E-state index in [1.54, 1.807) is 0 Å². The van der Waals surface area contributed by atoms with Crippen molar-refractivity contribution in [3.05, 3.63) is 0 Å². The van der Waals surface area contributed by atoms with Crippen molar-refractivity contribution in [3.8, 4) is 0 Å². The lowest BCUT2D eigenvalue weighted by Crippen LogP contribution is -2.70. The third-order valence-corrected chi connectivity index (χ3v) is 9.72. The average molecular weight is 516 g/mol. The average Bonchev–Trinajstić information content (AvgIpc) is 2.81. The molecule has 200 valence electrons. The first-order valence-corrected chi connectivity index (χ1v) is 13.9. The number of hydrogen-bond donors (Lipinski definition) is 3. The summed E-state index contributed by atoms with van der Waals surface area (Å²) in [6.07, 6.45) is 7.46. The Morgan fingerprint density at radius 3 is 2.31 bits per heavy atom. The molecule has 5 aliphatic carbocycles. The van der Waals surface area contributed by atoms with Gasteiger partial charge in [0, 0.05) is 24.4 Å². The van der Waals surface area contributed by atoms with Crippen molar-refractivity contribution in [3.63, 3.8) is 0 Å². The number of aliphatic hydroxyl groups is 1. The van der Waals surface area contributed by atoms with Gasteiger partial charge in [-0.3, -0.25) is 9.59 Å². The molecule has 4 atom stereocenters. The molecule has 0 aromatic heterocycles. The van der Waals surface area contributed by atoms with E-state index in [0.29, 0.717) is 63.3 Å². The van der Waals surface area contributed by atoms with E-state index in [1.807, 2.05) is 0 Å². The molecule has 5 fully saturated rings. The smallest absolute Gasteiger partial charge is 0.246 e. The van der Waals surface area contributed by atoms with Crippen LogP contribution < -0.4 is 10.6 Å². The fraction of sp³-hybridized carbons (Fsp3) is 0.923. The second-order valence-electron chi connectivity index (χ2n) is 11.9. The van der Waals surface area contributed by atoms with E-state index in [9.17, 15) is 19.1 Å². The van der Waals surface area contributed by atoms with Gasteiger partial charge in [-0.1, -0.05) is 0 Å². The second kappa shape index (κ2) is 11.2. The van der Waals surface area contributed by atoms with Gasteiger partial charge < -0.3 is 25.4 Å². The SMILES string of the molecule is CN(C)C1CCC(CC(=O)NC23CCC(NC(=O)COC4CCC(Cl)C(F)C4)(CC2)CC3O)CC1. The van der Waals surface area contributed by atoms with Crippen molar-refractivity contribution >= 4 is 23.4 Å². The predicted octanol–water partition coefficient (Wildman–Crippen LogP) is 3.06. The molecule has 5 saturated carbocycles. The van der Waals surface area contributed by atoms with Crippen LogP contribution in [0.2, 0.25) is 0 Å². The lowest BCUT2D eigenvalue weighted by Gasteiger charge is -2.56. The molecule has 0 aromatic rings. The molecule has 5 rings (SSSR count). The summed E-state index contributed by atoms with van der Waals surface area (Å²) in [7, 11) is 4.24. The van der Waals surface area contributed by atoms with E-state index in [1.165, 1.54) is 0 Å². The Hall–Kier alpha value is -0.960. The molecule has 0 heterocycles. The number of ether oxygens (including phenoxy) is 1. The minimum absolute atomic E-state index is 0.0435. The highest BCUT2D eigenvalue weighted by molar-refractivity contribution is 6.21. The maximum absolute atomic E-state index is 13.8. The van der Waals surface area contributed by atoms with E-state index in [0.717, 1.165) is 25.7 Å². The van der Waals surface area contributed by atoms with Gasteiger partial charge in [-0.15, -0.1) is 11.6 Å². The van der Waals surface area contributed by atoms with Crippen molar-refractivity contribution in [1.82, 2.24) is 15.5 Å². The fourth-order valence-corrected chi connectivity index (χ4v) is 7.07. The molecule has 5 aliphatic rings. The highest BCUT2D eigenvalue weighted by Gasteiger charge is 2.55. The largest absolute Gasteiger partial charge is 0.391 e. The van der Waals surface area contributed by atoms with Crippen LogP contribution in [0.4, 0.5) is 4.39 Å². The van der Waals surface area contributed by atoms with Crippen LogP contribution >= 0.6 is 11.6 Å². The molecule has 0 aromatic carbocycles. The number of carbonyl (C=O) groups excluding carboxylic acids is 2. The van der Waals surface area contributed by atoms with Crippen LogP contribution in [0.5, 0.6) is 0 Å². The summed E-state index contributed by atoms with van der Waals surface area (Å²) in [6.45, 7) is -0.111. The number of halogens is 2. The summed E-state index contributed by atoms with van der Waals surface area (Å²) in [6, 6.07) is 0.612. The van der Waals surface area contributed by atoms with Gasteiger partial charge in [0.05, 0.1) is 23.1 Å². The molecule has 9 heteroatoms. The van der Waals surface area contributed by atoms with Crippen LogP contribution in [0.25, 0.3) is 0 Å². The number of carbonyl (C=O) groups is 2. The number of fused-ring (bicyclic) bond motifs is 3. The molecule has 4 unspecified atom stereocenters. The Balaban J connectivity index is 1.21. The lowest BCUT2D eigenvalue weighted by molar-refractivity contribution is -0.139. The number of nitrogens with zero attached hydrogens (tertiary/aromatic N) is 1. The normalized spacial score (nSPS) is 41.5. The summed E-state index contributed by atoms with van der Waals surface area (Å²) in [5.41, 5.74) is -1.05. The molecule has 7 nitrogen and oxygen atoms in total. The standard InChI is InChI=1S/C26H43ClFN3O4/c1-31(2)18-5-3-17(4-6-18)13-23(33)30-26-11-9-25(10-12-26,15-22(26)32)29-24(34)16-35-19-7-8-20(27)21(28)14-19/h17-22,32H,3-16H2,1-2H3,(H,29,34)(H,30,33). The highest BCUT2D eigenvalue weighted by Crippen LogP contribution is 2.47. The van der Waals surface area contributed by atoms with E-state index in [-0.39, 0.29) is 30.9 Å². The number of nitrogens with one attached hydrogen (secondary N) is 2. The summed E-state index contributed by atoms with van der Waals surface area (Å²) in [4.78, 5) is 27.8. The van der Waals surface area contributed by atoms with Crippen molar-refractivity contribution in [2.75, 3.05) is 20.7 Å². The molecule has 2 amide bonds. The first-order chi connectivity index (χ1) is 16.6. The zero-order chi connectivity index (χ0) is 25.2. The molecule has 3 N–H and O–H groups in total. The Morgan fingerprint density at radius 1 is 1.03 bits per heavy atom. The van der Waals surface area contributed by atoms with Gasteiger partial charge in [-0.2, -0.15) is 0 Å². The first-order valence-electron chi connectivity index (χ1n) is 13.5. The quantitative estimate of drug-likeness (QED) is 0.432. The van der Waals surface area contributed by atoms with Gasteiger partial charge in [0.1, 0.15) is 12.8 Å². The zero-order valence-corrected chi connectivity index (χ0v) is 22.0. The molecular weight excluding hydrogens is 473 g/mol. The van der Waals surface area contributed by atoms with Crippen molar-refractivity contribution in [2.45, 2.75) is 124 Å². The number of hydrogen-bond acceptors (Lipinski definition) is 5. The summed E-state index contributed by atoms with van der Waals surface area (Å²) < 4.78 is 19.5. The Labute approximate surface area is 213 Å². The number of aliphatic hydroxyl groups excluding tert-OH is 1. The van der Waals surface area contributed by atoms with Crippen LogP contribution in [0.1, 0.15) is 83.5 Å². The van der Waals surface area contributed by atoms with Gasteiger partial charge in [0.15, 0.2) is 0 Å². The number of alkyl halides is 2. The van der Waals surface area contributed by atoms with Crippen LogP contribution in [-0.4, -0.2) is 83.4 Å². The van der Waals surface area contributed by atoms with Gasteiger partial charge in [0.25, 0.3) is 0 Å². The van der Waals surface area contributed by atoms with Crippen LogP contribution in [0.15, 0.2) is 0 Å². The summed E-state index contributed by atoms with van der Waals surface area (Å²) >= 11 is 5.92. The molecule has 0 saturated heterocycles. The number of rotatable bonds is 8. The molecule has 0 radical (unpaired) electrons. The minimum atomic E-state index is -1.10.